The maximum absolute atomic E-state index is 14.5. The number of carbonyl (C=O) groups is 2. The van der Waals surface area contributed by atoms with E-state index in [1.807, 2.05) is 51.1 Å². The van der Waals surface area contributed by atoms with Crippen LogP contribution in [-0.4, -0.2) is 51.4 Å². The second kappa shape index (κ2) is 15.8. The molecule has 0 aromatic heterocycles. The van der Waals surface area contributed by atoms with Gasteiger partial charge in [0.1, 0.15) is 18.3 Å². The molecule has 0 aliphatic rings. The summed E-state index contributed by atoms with van der Waals surface area (Å²) in [5.74, 6) is -0.163. The van der Waals surface area contributed by atoms with E-state index in [9.17, 15) is 18.0 Å². The summed E-state index contributed by atoms with van der Waals surface area (Å²) in [5.41, 5.74) is 2.87. The summed E-state index contributed by atoms with van der Waals surface area (Å²) in [6.45, 7) is 5.84. The van der Waals surface area contributed by atoms with E-state index in [-0.39, 0.29) is 29.7 Å². The van der Waals surface area contributed by atoms with Crippen molar-refractivity contribution in [1.82, 2.24) is 10.2 Å². The molecule has 0 heterocycles. The topological polar surface area (TPSA) is 96.0 Å². The lowest BCUT2D eigenvalue weighted by Gasteiger charge is -2.34. The number of hydrogen-bond acceptors (Lipinski definition) is 5. The van der Waals surface area contributed by atoms with Crippen LogP contribution in [0.5, 0.6) is 5.75 Å². The van der Waals surface area contributed by atoms with E-state index in [2.05, 4.69) is 5.32 Å². The summed E-state index contributed by atoms with van der Waals surface area (Å²) in [4.78, 5) is 29.8. The largest absolute Gasteiger partial charge is 0.497 e. The van der Waals surface area contributed by atoms with Crippen LogP contribution in [0.4, 0.5) is 5.69 Å². The van der Waals surface area contributed by atoms with E-state index in [1.54, 1.807) is 60.7 Å². The van der Waals surface area contributed by atoms with Gasteiger partial charge >= 0.3 is 0 Å². The Morgan fingerprint density at radius 3 is 2.07 bits per heavy atom. The third kappa shape index (κ3) is 9.11. The first-order chi connectivity index (χ1) is 22.0. The molecule has 4 aromatic rings. The number of anilines is 1. The van der Waals surface area contributed by atoms with Crippen molar-refractivity contribution in [3.05, 3.63) is 125 Å². The van der Waals surface area contributed by atoms with Gasteiger partial charge in [-0.2, -0.15) is 0 Å². The summed E-state index contributed by atoms with van der Waals surface area (Å²) < 4.78 is 34.6. The molecule has 0 bridgehead atoms. The molecule has 0 aliphatic heterocycles. The average molecular weight is 662 g/mol. The number of benzene rings is 4. The Hall–Kier alpha value is -4.34. The van der Waals surface area contributed by atoms with Gasteiger partial charge in [0, 0.05) is 24.5 Å². The fraction of sp³-hybridized carbons (Fsp3) is 0.278. The molecule has 1 atom stereocenters. The van der Waals surface area contributed by atoms with Gasteiger partial charge in [0.05, 0.1) is 17.7 Å². The second-order valence-electron chi connectivity index (χ2n) is 11.5. The molecule has 0 radical (unpaired) electrons. The molecule has 4 rings (SSSR count). The van der Waals surface area contributed by atoms with Gasteiger partial charge in [0.2, 0.25) is 11.8 Å². The first-order valence-electron chi connectivity index (χ1n) is 15.1. The normalized spacial score (nSPS) is 12.0. The number of nitrogens with one attached hydrogen (secondary N) is 1. The van der Waals surface area contributed by atoms with E-state index in [4.69, 9.17) is 16.3 Å². The highest BCUT2D eigenvalue weighted by Gasteiger charge is 2.34. The minimum Gasteiger partial charge on any atom is -0.497 e. The third-order valence-electron chi connectivity index (χ3n) is 7.47. The fourth-order valence-electron chi connectivity index (χ4n) is 4.88. The van der Waals surface area contributed by atoms with Crippen molar-refractivity contribution in [2.24, 2.45) is 5.92 Å². The zero-order valence-electron chi connectivity index (χ0n) is 26.5. The smallest absolute Gasteiger partial charge is 0.264 e. The lowest BCUT2D eigenvalue weighted by Crippen LogP contribution is -2.53. The van der Waals surface area contributed by atoms with E-state index >= 15 is 0 Å². The van der Waals surface area contributed by atoms with Crippen molar-refractivity contribution in [2.45, 2.75) is 44.7 Å². The van der Waals surface area contributed by atoms with Crippen molar-refractivity contribution in [2.75, 3.05) is 24.5 Å². The first-order valence-corrected chi connectivity index (χ1v) is 16.9. The van der Waals surface area contributed by atoms with Gasteiger partial charge in [-0.3, -0.25) is 13.9 Å². The van der Waals surface area contributed by atoms with Crippen LogP contribution in [0.15, 0.2) is 108 Å². The minimum absolute atomic E-state index is 0.00133. The summed E-state index contributed by atoms with van der Waals surface area (Å²) in [6.07, 6.45) is 0.236. The van der Waals surface area contributed by atoms with Crippen LogP contribution in [0.2, 0.25) is 5.02 Å². The molecule has 8 nitrogen and oxygen atoms in total. The van der Waals surface area contributed by atoms with Crippen molar-refractivity contribution in [1.29, 1.82) is 0 Å². The van der Waals surface area contributed by atoms with Crippen LogP contribution in [0.1, 0.15) is 30.5 Å². The Bertz CT molecular complexity index is 1700. The van der Waals surface area contributed by atoms with Gasteiger partial charge in [-0.25, -0.2) is 8.42 Å². The van der Waals surface area contributed by atoms with Crippen LogP contribution in [0, 0.1) is 12.8 Å². The molecule has 0 unspecified atom stereocenters. The molecule has 2 amide bonds. The molecule has 0 saturated heterocycles. The Morgan fingerprint density at radius 1 is 0.848 bits per heavy atom. The number of amides is 2. The highest BCUT2D eigenvalue weighted by molar-refractivity contribution is 7.92. The van der Waals surface area contributed by atoms with Crippen LogP contribution >= 0.6 is 11.6 Å². The number of aryl methyl sites for hydroxylation is 1. The van der Waals surface area contributed by atoms with Gasteiger partial charge < -0.3 is 15.0 Å². The summed E-state index contributed by atoms with van der Waals surface area (Å²) in [7, 11) is -2.71. The number of nitrogens with zero attached hydrogens (tertiary/aromatic N) is 2. The molecule has 46 heavy (non-hydrogen) atoms. The molecular weight excluding hydrogens is 622 g/mol. The molecule has 0 aliphatic carbocycles. The van der Waals surface area contributed by atoms with Crippen molar-refractivity contribution >= 4 is 39.1 Å². The van der Waals surface area contributed by atoms with Crippen LogP contribution in [-0.2, 0) is 32.6 Å². The van der Waals surface area contributed by atoms with Crippen molar-refractivity contribution in [3.8, 4) is 5.75 Å². The molecule has 242 valence electrons. The first kappa shape index (κ1) is 34.5. The average Bonchev–Trinajstić information content (AvgIpc) is 3.05. The fourth-order valence-corrected chi connectivity index (χ4v) is 6.42. The number of sulfonamides is 1. The Balaban J connectivity index is 1.79. The number of rotatable bonds is 14. The molecule has 1 N–H and O–H groups in total. The van der Waals surface area contributed by atoms with Crippen molar-refractivity contribution in [3.63, 3.8) is 0 Å². The number of hydrogen-bond donors (Lipinski definition) is 1. The Kier molecular flexibility index (Phi) is 11.8. The molecule has 4 aromatic carbocycles. The second-order valence-corrected chi connectivity index (χ2v) is 13.8. The molecule has 10 heteroatoms. The van der Waals surface area contributed by atoms with E-state index < -0.39 is 28.5 Å². The maximum Gasteiger partial charge on any atom is 0.264 e. The predicted octanol–water partition coefficient (Wildman–Crippen LogP) is 6.26. The zero-order chi connectivity index (χ0) is 33.3. The maximum atomic E-state index is 14.5. The zero-order valence-corrected chi connectivity index (χ0v) is 28.1. The van der Waals surface area contributed by atoms with E-state index in [0.717, 1.165) is 21.0 Å². The van der Waals surface area contributed by atoms with Crippen LogP contribution < -0.4 is 14.4 Å². The van der Waals surface area contributed by atoms with Gasteiger partial charge in [0.25, 0.3) is 10.0 Å². The Morgan fingerprint density at radius 2 is 1.48 bits per heavy atom. The van der Waals surface area contributed by atoms with Gasteiger partial charge in [-0.15, -0.1) is 0 Å². The van der Waals surface area contributed by atoms with Gasteiger partial charge in [-0.1, -0.05) is 85.6 Å². The number of halogens is 1. The Labute approximate surface area is 277 Å². The standard InChI is InChI=1S/C36H40ClN3O5S/c1-26(2)23-38-36(42)34(22-28-8-6-5-7-9-28)39(24-29-12-14-30(37)15-13-29)35(41)25-40(31-16-10-27(3)11-17-31)46(43,44)33-20-18-32(45-4)19-21-33/h5-21,26,34H,22-25H2,1-4H3,(H,38,42)/t34-/m0/s1. The lowest BCUT2D eigenvalue weighted by molar-refractivity contribution is -0.140. The summed E-state index contributed by atoms with van der Waals surface area (Å²) in [6, 6.07) is 28.5. The highest BCUT2D eigenvalue weighted by Crippen LogP contribution is 2.27. The van der Waals surface area contributed by atoms with E-state index in [1.165, 1.54) is 24.1 Å². The SMILES string of the molecule is COc1ccc(S(=O)(=O)N(CC(=O)N(Cc2ccc(Cl)cc2)[C@@H](Cc2ccccc2)C(=O)NCC(C)C)c2ccc(C)cc2)cc1. The molecular formula is C36H40ClN3O5S. The van der Waals surface area contributed by atoms with Gasteiger partial charge in [0.15, 0.2) is 0 Å². The van der Waals surface area contributed by atoms with Crippen molar-refractivity contribution < 1.29 is 22.7 Å². The van der Waals surface area contributed by atoms with Crippen LogP contribution in [0.3, 0.4) is 0 Å². The number of ether oxygens (including phenoxy) is 1. The lowest BCUT2D eigenvalue weighted by atomic mass is 10.0. The third-order valence-corrected chi connectivity index (χ3v) is 9.51. The molecule has 0 spiro atoms. The molecule has 0 fully saturated rings. The summed E-state index contributed by atoms with van der Waals surface area (Å²) >= 11 is 6.15. The number of methoxy groups -OCH3 is 1. The minimum atomic E-state index is -4.21. The quantitative estimate of drug-likeness (QED) is 0.172. The van der Waals surface area contributed by atoms with Gasteiger partial charge in [-0.05, 0) is 72.5 Å². The predicted molar refractivity (Wildman–Crippen MR) is 182 cm³/mol. The van der Waals surface area contributed by atoms with E-state index in [0.29, 0.717) is 23.0 Å². The number of carbonyl (C=O) groups excluding carboxylic acids is 2. The summed E-state index contributed by atoms with van der Waals surface area (Å²) in [5, 5.41) is 3.53. The van der Waals surface area contributed by atoms with Crippen LogP contribution in [0.25, 0.3) is 0 Å². The monoisotopic (exact) mass is 661 g/mol. The molecule has 0 saturated carbocycles. The highest BCUT2D eigenvalue weighted by atomic mass is 35.5.